The van der Waals surface area contributed by atoms with Gasteiger partial charge in [0.1, 0.15) is 5.82 Å². The average molecular weight is 483 g/mol. The molecule has 3 aromatic heterocycles. The molecule has 0 spiro atoms. The summed E-state index contributed by atoms with van der Waals surface area (Å²) in [7, 11) is 4.04. The van der Waals surface area contributed by atoms with E-state index in [9.17, 15) is 0 Å². The Morgan fingerprint density at radius 2 is 1.23 bits per heavy atom. The number of aromatic nitrogens is 6. The van der Waals surface area contributed by atoms with Gasteiger partial charge in [-0.2, -0.15) is 10.2 Å². The highest BCUT2D eigenvalue weighted by atomic mass is 15.3. The minimum atomic E-state index is 0.162. The monoisotopic (exact) mass is 482 g/mol. The van der Waals surface area contributed by atoms with Crippen LogP contribution in [-0.4, -0.2) is 29.5 Å². The Kier molecular flexibility index (Phi) is 8.51. The van der Waals surface area contributed by atoms with Crippen molar-refractivity contribution in [3.8, 4) is 0 Å². The molecule has 0 bridgehead atoms. The van der Waals surface area contributed by atoms with Crippen LogP contribution in [0.5, 0.6) is 0 Å². The van der Waals surface area contributed by atoms with E-state index < -0.39 is 0 Å². The van der Waals surface area contributed by atoms with Crippen molar-refractivity contribution in [2.75, 3.05) is 0 Å². The fourth-order valence-electron chi connectivity index (χ4n) is 4.44. The van der Waals surface area contributed by atoms with Crippen LogP contribution in [-0.2, 0) is 30.3 Å². The van der Waals surface area contributed by atoms with Gasteiger partial charge in [0, 0.05) is 42.5 Å². The third-order valence-electron chi connectivity index (χ3n) is 6.51. The summed E-state index contributed by atoms with van der Waals surface area (Å²) in [5, 5.41) is 8.56. The fraction of sp³-hybridized carbons (Fsp3) is 0.690. The summed E-state index contributed by atoms with van der Waals surface area (Å²) < 4.78 is 3.97. The molecular weight excluding hydrogens is 432 g/mol. The first kappa shape index (κ1) is 28.9. The van der Waals surface area contributed by atoms with Gasteiger partial charge < -0.3 is 4.98 Å². The lowest BCUT2D eigenvalue weighted by Gasteiger charge is -2.19. The molecule has 4 rings (SSSR count). The van der Waals surface area contributed by atoms with Gasteiger partial charge >= 0.3 is 0 Å². The van der Waals surface area contributed by atoms with Crippen molar-refractivity contribution in [3.63, 3.8) is 0 Å². The molecule has 0 saturated heterocycles. The first-order valence-corrected chi connectivity index (χ1v) is 12.9. The highest BCUT2D eigenvalue weighted by Crippen LogP contribution is 2.44. The van der Waals surface area contributed by atoms with Crippen LogP contribution in [0.4, 0.5) is 0 Å². The highest BCUT2D eigenvalue weighted by molar-refractivity contribution is 5.31. The van der Waals surface area contributed by atoms with Gasteiger partial charge in [0.25, 0.3) is 0 Å². The summed E-state index contributed by atoms with van der Waals surface area (Å²) in [5.74, 6) is 1.80. The SMILES string of the molecule is Cc1c(C(C)(C)C)cnn1C.Cc1nc(C(C)(C)C)c(C)[nH]1.Cn1ncc(C(C)(C)C)c1C1CC1. The normalized spacial score (nSPS) is 14.2. The van der Waals surface area contributed by atoms with Crippen molar-refractivity contribution >= 4 is 0 Å². The van der Waals surface area contributed by atoms with E-state index in [4.69, 9.17) is 0 Å². The van der Waals surface area contributed by atoms with Crippen LogP contribution in [0.3, 0.4) is 0 Å². The van der Waals surface area contributed by atoms with Crippen molar-refractivity contribution in [2.24, 2.45) is 14.1 Å². The first-order valence-electron chi connectivity index (χ1n) is 12.9. The molecule has 1 aliphatic carbocycles. The molecule has 1 N–H and O–H groups in total. The van der Waals surface area contributed by atoms with Crippen LogP contribution in [0, 0.1) is 20.8 Å². The minimum Gasteiger partial charge on any atom is -0.346 e. The van der Waals surface area contributed by atoms with Crippen LogP contribution < -0.4 is 0 Å². The summed E-state index contributed by atoms with van der Waals surface area (Å²) in [6.07, 6.45) is 6.69. The molecule has 1 aliphatic rings. The van der Waals surface area contributed by atoms with Crippen molar-refractivity contribution in [2.45, 2.75) is 118 Å². The third-order valence-corrected chi connectivity index (χ3v) is 6.51. The molecular formula is C29H50N6. The minimum absolute atomic E-state index is 0.162. The van der Waals surface area contributed by atoms with Crippen molar-refractivity contribution in [3.05, 3.63) is 52.1 Å². The zero-order chi connectivity index (χ0) is 26.9. The van der Waals surface area contributed by atoms with Crippen LogP contribution >= 0.6 is 0 Å². The molecule has 0 aliphatic heterocycles. The Bertz CT molecular complexity index is 1090. The van der Waals surface area contributed by atoms with E-state index in [1.807, 2.05) is 31.0 Å². The van der Waals surface area contributed by atoms with Gasteiger partial charge in [-0.1, -0.05) is 62.3 Å². The third kappa shape index (κ3) is 7.55. The van der Waals surface area contributed by atoms with E-state index in [0.29, 0.717) is 0 Å². The summed E-state index contributed by atoms with van der Waals surface area (Å²) in [6.45, 7) is 26.1. The van der Waals surface area contributed by atoms with Crippen molar-refractivity contribution in [1.82, 2.24) is 29.5 Å². The van der Waals surface area contributed by atoms with E-state index in [2.05, 4.69) is 108 Å². The van der Waals surface area contributed by atoms with Crippen LogP contribution in [0.25, 0.3) is 0 Å². The number of hydrogen-bond donors (Lipinski definition) is 1. The molecule has 1 saturated carbocycles. The van der Waals surface area contributed by atoms with E-state index in [-0.39, 0.29) is 16.2 Å². The predicted octanol–water partition coefficient (Wildman–Crippen LogP) is 6.95. The maximum Gasteiger partial charge on any atom is 0.103 e. The zero-order valence-electron chi connectivity index (χ0n) is 24.9. The van der Waals surface area contributed by atoms with Crippen molar-refractivity contribution in [1.29, 1.82) is 0 Å². The van der Waals surface area contributed by atoms with Crippen LogP contribution in [0.2, 0.25) is 0 Å². The Morgan fingerprint density at radius 1 is 0.743 bits per heavy atom. The van der Waals surface area contributed by atoms with Gasteiger partial charge in [-0.3, -0.25) is 9.36 Å². The molecule has 196 valence electrons. The number of nitrogens with zero attached hydrogens (tertiary/aromatic N) is 5. The lowest BCUT2D eigenvalue weighted by molar-refractivity contribution is 0.567. The van der Waals surface area contributed by atoms with Gasteiger partial charge in [-0.25, -0.2) is 4.98 Å². The molecule has 1 fully saturated rings. The lowest BCUT2D eigenvalue weighted by atomic mass is 9.86. The van der Waals surface area contributed by atoms with Gasteiger partial charge in [0.05, 0.1) is 18.1 Å². The largest absolute Gasteiger partial charge is 0.346 e. The lowest BCUT2D eigenvalue weighted by Crippen LogP contribution is -2.13. The van der Waals surface area contributed by atoms with Crippen molar-refractivity contribution < 1.29 is 0 Å². The summed E-state index contributed by atoms with van der Waals surface area (Å²) in [5.41, 5.74) is 8.48. The summed E-state index contributed by atoms with van der Waals surface area (Å²) in [6, 6.07) is 0. The smallest absolute Gasteiger partial charge is 0.103 e. The number of imidazole rings is 1. The standard InChI is InChI=1S/C11H18N2.2C9H16N2/c1-11(2,3)9-7-12-13(4)10(9)8-5-6-8;1-7-8(9(2,3)4)6-10-11(7)5;1-6-8(9(3,4)5)11-7(2)10-6/h7-8H,5-6H2,1-4H3;6H,1-5H3;1-5H3,(H,10,11). The predicted molar refractivity (Wildman–Crippen MR) is 147 cm³/mol. The van der Waals surface area contributed by atoms with E-state index >= 15 is 0 Å². The average Bonchev–Trinajstić information content (AvgIpc) is 3.21. The fourth-order valence-corrected chi connectivity index (χ4v) is 4.44. The van der Waals surface area contributed by atoms with Gasteiger partial charge in [-0.05, 0) is 55.6 Å². The first-order chi connectivity index (χ1) is 15.8. The molecule has 0 amide bonds. The van der Waals surface area contributed by atoms with E-state index in [1.54, 1.807) is 0 Å². The Hall–Kier alpha value is -2.37. The molecule has 0 aromatic carbocycles. The second-order valence-electron chi connectivity index (χ2n) is 13.2. The molecule has 0 atom stereocenters. The Labute approximate surface area is 213 Å². The molecule has 35 heavy (non-hydrogen) atoms. The molecule has 3 aromatic rings. The molecule has 0 unspecified atom stereocenters. The van der Waals surface area contributed by atoms with Crippen LogP contribution in [0.15, 0.2) is 12.4 Å². The molecule has 6 nitrogen and oxygen atoms in total. The number of rotatable bonds is 1. The zero-order valence-corrected chi connectivity index (χ0v) is 24.9. The second kappa shape index (κ2) is 10.3. The number of H-pyrrole nitrogens is 1. The number of hydrogen-bond acceptors (Lipinski definition) is 3. The summed E-state index contributed by atoms with van der Waals surface area (Å²) >= 11 is 0. The van der Waals surface area contributed by atoms with Crippen LogP contribution in [0.1, 0.15) is 121 Å². The van der Waals surface area contributed by atoms with Gasteiger partial charge in [-0.15, -0.1) is 0 Å². The topological polar surface area (TPSA) is 64.3 Å². The Balaban J connectivity index is 0.000000186. The van der Waals surface area contributed by atoms with E-state index in [0.717, 1.165) is 11.7 Å². The molecule has 6 heteroatoms. The van der Waals surface area contributed by atoms with E-state index in [1.165, 1.54) is 46.7 Å². The van der Waals surface area contributed by atoms with Gasteiger partial charge in [0.2, 0.25) is 0 Å². The number of aromatic amines is 1. The number of aryl methyl sites for hydroxylation is 4. The van der Waals surface area contributed by atoms with Gasteiger partial charge in [0.15, 0.2) is 0 Å². The number of nitrogens with one attached hydrogen (secondary N) is 1. The summed E-state index contributed by atoms with van der Waals surface area (Å²) in [4.78, 5) is 7.63. The maximum atomic E-state index is 4.43. The molecule has 3 heterocycles. The Morgan fingerprint density at radius 3 is 1.51 bits per heavy atom. The second-order valence-corrected chi connectivity index (χ2v) is 13.2. The molecule has 0 radical (unpaired) electrons. The maximum absolute atomic E-state index is 4.43. The quantitative estimate of drug-likeness (QED) is 0.408. The highest BCUT2D eigenvalue weighted by Gasteiger charge is 2.32.